The predicted octanol–water partition coefficient (Wildman–Crippen LogP) is 5.02. The molecule has 1 heterocycles. The molecule has 0 aliphatic carbocycles. The van der Waals surface area contributed by atoms with Crippen molar-refractivity contribution in [3.63, 3.8) is 0 Å². The molecule has 0 spiro atoms. The number of unbranched alkanes of at least 4 members (excludes halogenated alkanes) is 17. The minimum absolute atomic E-state index is 0. The van der Waals surface area contributed by atoms with Gasteiger partial charge in [-0.05, 0) is 6.42 Å². The van der Waals surface area contributed by atoms with Crippen molar-refractivity contribution >= 4 is 0 Å². The van der Waals surface area contributed by atoms with E-state index in [0.717, 1.165) is 0 Å². The third-order valence-corrected chi connectivity index (χ3v) is 5.55. The van der Waals surface area contributed by atoms with Gasteiger partial charge in [-0.25, -0.2) is 4.57 Å². The Bertz CT molecular complexity index is 379. The largest absolute Gasteiger partial charge is 1.00 e. The predicted molar refractivity (Wildman–Crippen MR) is 115 cm³/mol. The number of pyridine rings is 1. The summed E-state index contributed by atoms with van der Waals surface area (Å²) in [6.07, 6.45) is 30.4. The summed E-state index contributed by atoms with van der Waals surface area (Å²) in [5, 5.41) is 0. The topological polar surface area (TPSA) is 3.88 Å². The van der Waals surface area contributed by atoms with Gasteiger partial charge in [0.15, 0.2) is 12.4 Å². The molecule has 1 rings (SSSR count). The van der Waals surface area contributed by atoms with Crippen LogP contribution in [0, 0.1) is 0 Å². The normalized spacial score (nSPS) is 10.7. The van der Waals surface area contributed by atoms with Gasteiger partial charge in [0.25, 0.3) is 0 Å². The Labute approximate surface area is 176 Å². The summed E-state index contributed by atoms with van der Waals surface area (Å²) in [4.78, 5) is 0. The Morgan fingerprint density at radius 3 is 1.15 bits per heavy atom. The second-order valence-electron chi connectivity index (χ2n) is 8.12. The number of hydrogen-bond donors (Lipinski definition) is 0. The van der Waals surface area contributed by atoms with E-state index in [1.165, 1.54) is 122 Å². The quantitative estimate of drug-likeness (QED) is 0.229. The summed E-state index contributed by atoms with van der Waals surface area (Å²) >= 11 is 0. The van der Waals surface area contributed by atoms with Crippen molar-refractivity contribution in [2.24, 2.45) is 0 Å². The number of rotatable bonds is 19. The summed E-state index contributed by atoms with van der Waals surface area (Å²) in [6.45, 7) is 3.48. The van der Waals surface area contributed by atoms with Gasteiger partial charge >= 0.3 is 0 Å². The fourth-order valence-corrected chi connectivity index (χ4v) is 3.78. The van der Waals surface area contributed by atoms with Gasteiger partial charge in [0.1, 0.15) is 6.54 Å². The van der Waals surface area contributed by atoms with Gasteiger partial charge in [-0.2, -0.15) is 0 Å². The van der Waals surface area contributed by atoms with Gasteiger partial charge in [0.05, 0.1) is 0 Å². The molecule has 0 atom stereocenters. The lowest BCUT2D eigenvalue weighted by atomic mass is 10.0. The molecule has 1 aromatic rings. The Morgan fingerprint density at radius 2 is 0.778 bits per heavy atom. The van der Waals surface area contributed by atoms with Crippen LogP contribution in [0.25, 0.3) is 0 Å². The van der Waals surface area contributed by atoms with Gasteiger partial charge in [-0.15, -0.1) is 0 Å². The molecule has 0 saturated heterocycles. The molecule has 0 saturated carbocycles. The standard InChI is InChI=1S/C25H46N.ClH/c1-2-3-4-5-6-7-8-9-10-11-12-13-14-15-16-17-18-20-23-26-24-21-19-22-25-26;/h19,21-22,24-25H,2-18,20,23H2,1H3;1H/q+1;/p-1. The zero-order valence-electron chi connectivity index (χ0n) is 18.1. The lowest BCUT2D eigenvalue weighted by molar-refractivity contribution is -0.697. The van der Waals surface area contributed by atoms with Crippen molar-refractivity contribution in [1.82, 2.24) is 0 Å². The number of aryl methyl sites for hydroxylation is 1. The minimum atomic E-state index is 0. The molecule has 0 fully saturated rings. The van der Waals surface area contributed by atoms with Crippen LogP contribution < -0.4 is 17.0 Å². The molecule has 0 bridgehead atoms. The zero-order chi connectivity index (χ0) is 18.5. The second kappa shape index (κ2) is 21.7. The maximum atomic E-state index is 2.30. The van der Waals surface area contributed by atoms with Crippen LogP contribution in [0.4, 0.5) is 0 Å². The van der Waals surface area contributed by atoms with E-state index in [1.807, 2.05) is 0 Å². The lowest BCUT2D eigenvalue weighted by Gasteiger charge is -2.03. The summed E-state index contributed by atoms with van der Waals surface area (Å²) < 4.78 is 2.30. The van der Waals surface area contributed by atoms with Crippen LogP contribution in [0.3, 0.4) is 0 Å². The van der Waals surface area contributed by atoms with E-state index in [2.05, 4.69) is 42.1 Å². The first-order chi connectivity index (χ1) is 12.9. The smallest absolute Gasteiger partial charge is 0.168 e. The molecule has 0 unspecified atom stereocenters. The number of halogens is 1. The van der Waals surface area contributed by atoms with E-state index in [-0.39, 0.29) is 12.4 Å². The van der Waals surface area contributed by atoms with Crippen molar-refractivity contribution in [2.45, 2.75) is 129 Å². The first-order valence-electron chi connectivity index (χ1n) is 11.9. The van der Waals surface area contributed by atoms with E-state index in [4.69, 9.17) is 0 Å². The third kappa shape index (κ3) is 18.6. The van der Waals surface area contributed by atoms with E-state index in [1.54, 1.807) is 0 Å². The second-order valence-corrected chi connectivity index (χ2v) is 8.12. The summed E-state index contributed by atoms with van der Waals surface area (Å²) in [5.74, 6) is 0. The van der Waals surface area contributed by atoms with E-state index in [9.17, 15) is 0 Å². The van der Waals surface area contributed by atoms with Crippen LogP contribution in [-0.4, -0.2) is 0 Å². The molecule has 0 radical (unpaired) electrons. The van der Waals surface area contributed by atoms with Crippen LogP contribution in [0.15, 0.2) is 30.6 Å². The molecular weight excluding hydrogens is 350 g/mol. The van der Waals surface area contributed by atoms with E-state index < -0.39 is 0 Å². The highest BCUT2D eigenvalue weighted by molar-refractivity contribution is 4.83. The van der Waals surface area contributed by atoms with Crippen LogP contribution in [0.2, 0.25) is 0 Å². The summed E-state index contributed by atoms with van der Waals surface area (Å²) in [6, 6.07) is 6.33. The number of hydrogen-bond acceptors (Lipinski definition) is 0. The molecule has 0 aliphatic heterocycles. The highest BCUT2D eigenvalue weighted by Gasteiger charge is 1.98. The van der Waals surface area contributed by atoms with Crippen molar-refractivity contribution in [1.29, 1.82) is 0 Å². The fourth-order valence-electron chi connectivity index (χ4n) is 3.78. The van der Waals surface area contributed by atoms with Crippen LogP contribution in [0.1, 0.15) is 122 Å². The Balaban J connectivity index is 0.00000676. The molecule has 1 aromatic heterocycles. The average Bonchev–Trinajstić information content (AvgIpc) is 2.68. The maximum Gasteiger partial charge on any atom is 0.168 e. The monoisotopic (exact) mass is 395 g/mol. The molecule has 0 N–H and O–H groups in total. The SMILES string of the molecule is CCCCCCCCCCCCCCCCCCCC[n+]1ccccc1.[Cl-]. The highest BCUT2D eigenvalue weighted by atomic mass is 35.5. The first kappa shape index (κ1) is 26.4. The molecule has 0 aromatic carbocycles. The summed E-state index contributed by atoms with van der Waals surface area (Å²) in [5.41, 5.74) is 0. The Kier molecular flexibility index (Phi) is 21.3. The Morgan fingerprint density at radius 1 is 0.444 bits per heavy atom. The average molecular weight is 396 g/mol. The van der Waals surface area contributed by atoms with Crippen LogP contribution in [0.5, 0.6) is 0 Å². The van der Waals surface area contributed by atoms with Gasteiger partial charge in [0, 0.05) is 18.6 Å². The van der Waals surface area contributed by atoms with Crippen molar-refractivity contribution in [2.75, 3.05) is 0 Å². The third-order valence-electron chi connectivity index (χ3n) is 5.55. The van der Waals surface area contributed by atoms with E-state index in [0.29, 0.717) is 0 Å². The van der Waals surface area contributed by atoms with Crippen molar-refractivity contribution in [3.8, 4) is 0 Å². The number of aromatic nitrogens is 1. The van der Waals surface area contributed by atoms with Gasteiger partial charge in [0.2, 0.25) is 0 Å². The molecule has 158 valence electrons. The summed E-state index contributed by atoms with van der Waals surface area (Å²) in [7, 11) is 0. The molecule has 1 nitrogen and oxygen atoms in total. The van der Waals surface area contributed by atoms with Crippen molar-refractivity contribution in [3.05, 3.63) is 30.6 Å². The molecule has 2 heteroatoms. The van der Waals surface area contributed by atoms with Crippen LogP contribution >= 0.6 is 0 Å². The van der Waals surface area contributed by atoms with Gasteiger partial charge < -0.3 is 12.4 Å². The lowest BCUT2D eigenvalue weighted by Crippen LogP contribution is -3.00. The molecule has 0 aliphatic rings. The molecule has 27 heavy (non-hydrogen) atoms. The Hall–Kier alpha value is -0.560. The van der Waals surface area contributed by atoms with Crippen LogP contribution in [-0.2, 0) is 6.54 Å². The van der Waals surface area contributed by atoms with Gasteiger partial charge in [-0.3, -0.25) is 0 Å². The number of nitrogens with zero attached hydrogens (tertiary/aromatic N) is 1. The van der Waals surface area contributed by atoms with Gasteiger partial charge in [-0.1, -0.05) is 116 Å². The molecular formula is C25H46ClN. The maximum absolute atomic E-state index is 2.30. The minimum Gasteiger partial charge on any atom is -1.00 e. The fraction of sp³-hybridized carbons (Fsp3) is 0.800. The molecule has 0 amide bonds. The highest BCUT2D eigenvalue weighted by Crippen LogP contribution is 2.14. The van der Waals surface area contributed by atoms with Crippen molar-refractivity contribution < 1.29 is 17.0 Å². The first-order valence-corrected chi connectivity index (χ1v) is 11.9. The zero-order valence-corrected chi connectivity index (χ0v) is 18.9. The van der Waals surface area contributed by atoms with E-state index >= 15 is 0 Å².